The maximum Gasteiger partial charge on any atom is 0.142 e. The van der Waals surface area contributed by atoms with Crippen molar-refractivity contribution >= 4 is 12.4 Å². The molecule has 0 spiro atoms. The second-order valence-electron chi connectivity index (χ2n) is 6.30. The Morgan fingerprint density at radius 3 is 2.83 bits per heavy atom. The monoisotopic (exact) mass is 334 g/mol. The van der Waals surface area contributed by atoms with Gasteiger partial charge in [-0.05, 0) is 37.4 Å². The zero-order chi connectivity index (χ0) is 14.9. The Morgan fingerprint density at radius 1 is 1.13 bits per heavy atom. The van der Waals surface area contributed by atoms with Gasteiger partial charge in [-0.25, -0.2) is 4.39 Å². The summed E-state index contributed by atoms with van der Waals surface area (Å²) in [4.78, 5) is 3.95. The average Bonchev–Trinajstić information content (AvgIpc) is 2.81. The fourth-order valence-corrected chi connectivity index (χ4v) is 3.73. The Labute approximate surface area is 141 Å². The van der Waals surface area contributed by atoms with E-state index in [9.17, 15) is 4.39 Å². The van der Waals surface area contributed by atoms with Crippen LogP contribution in [0.2, 0.25) is 0 Å². The van der Waals surface area contributed by atoms with Gasteiger partial charge in [-0.3, -0.25) is 4.98 Å². The lowest BCUT2D eigenvalue weighted by atomic mass is 10.0. The van der Waals surface area contributed by atoms with Gasteiger partial charge in [0.15, 0.2) is 0 Å². The smallest absolute Gasteiger partial charge is 0.142 e. The first kappa shape index (κ1) is 16.2. The van der Waals surface area contributed by atoms with Crippen LogP contribution in [0.3, 0.4) is 0 Å². The molecule has 2 aliphatic rings. The third-order valence-electron chi connectivity index (χ3n) is 4.75. The van der Waals surface area contributed by atoms with Gasteiger partial charge in [0.25, 0.3) is 0 Å². The van der Waals surface area contributed by atoms with Gasteiger partial charge in [0.2, 0.25) is 0 Å². The second kappa shape index (κ2) is 6.85. The van der Waals surface area contributed by atoms with Crippen LogP contribution in [0, 0.1) is 17.7 Å². The molecule has 0 radical (unpaired) electrons. The van der Waals surface area contributed by atoms with Crippen molar-refractivity contribution in [2.24, 2.45) is 11.8 Å². The number of nitrogens with zero attached hydrogens (tertiary/aromatic N) is 1. The molecule has 0 unspecified atom stereocenters. The highest BCUT2D eigenvalue weighted by Crippen LogP contribution is 2.38. The van der Waals surface area contributed by atoms with Crippen LogP contribution in [0.4, 0.5) is 4.39 Å². The molecule has 2 aromatic rings. The Hall–Kier alpha value is -1.65. The number of aromatic nitrogens is 1. The lowest BCUT2D eigenvalue weighted by Crippen LogP contribution is -2.34. The number of benzene rings is 1. The van der Waals surface area contributed by atoms with Crippen LogP contribution in [0.25, 0.3) is 11.1 Å². The standard InChI is InChI=1S/C18H19FN2O.ClH/c19-15-7-13(9-21-11-15)16-3-1-2-4-17(16)22-18-6-12-5-14(18)10-20-8-12;/h1-4,7,9,11-12,14,18,20H,5-6,8,10H2;1H/t12-,14-,18+;/m1./s1. The number of piperidine rings is 1. The van der Waals surface area contributed by atoms with E-state index in [2.05, 4.69) is 10.3 Å². The first-order chi connectivity index (χ1) is 10.8. The van der Waals surface area contributed by atoms with Gasteiger partial charge < -0.3 is 10.1 Å². The highest BCUT2D eigenvalue weighted by Gasteiger charge is 2.38. The predicted octanol–water partition coefficient (Wildman–Crippen LogP) is 3.69. The number of nitrogens with one attached hydrogen (secondary N) is 1. The lowest BCUT2D eigenvalue weighted by Gasteiger charge is -2.23. The first-order valence-corrected chi connectivity index (χ1v) is 7.87. The zero-order valence-corrected chi connectivity index (χ0v) is 13.6. The third-order valence-corrected chi connectivity index (χ3v) is 4.75. The molecule has 2 bridgehead atoms. The van der Waals surface area contributed by atoms with Crippen LogP contribution in [-0.4, -0.2) is 24.2 Å². The van der Waals surface area contributed by atoms with Gasteiger partial charge in [0.05, 0.1) is 6.20 Å². The third kappa shape index (κ3) is 3.33. The van der Waals surface area contributed by atoms with Crippen molar-refractivity contribution in [2.75, 3.05) is 13.1 Å². The Balaban J connectivity index is 0.00000156. The van der Waals surface area contributed by atoms with Crippen molar-refractivity contribution in [1.29, 1.82) is 0 Å². The predicted molar refractivity (Wildman–Crippen MR) is 90.4 cm³/mol. The van der Waals surface area contributed by atoms with E-state index in [-0.39, 0.29) is 24.3 Å². The summed E-state index contributed by atoms with van der Waals surface area (Å²) in [6, 6.07) is 9.34. The van der Waals surface area contributed by atoms with Crippen molar-refractivity contribution in [3.05, 3.63) is 48.5 Å². The minimum absolute atomic E-state index is 0. The number of halogens is 2. The van der Waals surface area contributed by atoms with E-state index in [4.69, 9.17) is 4.74 Å². The molecule has 0 amide bonds. The van der Waals surface area contributed by atoms with Crippen LogP contribution in [0.15, 0.2) is 42.7 Å². The van der Waals surface area contributed by atoms with E-state index in [0.717, 1.165) is 42.3 Å². The molecule has 122 valence electrons. The summed E-state index contributed by atoms with van der Waals surface area (Å²) in [5.74, 6) is 1.81. The Kier molecular flexibility index (Phi) is 4.83. The summed E-state index contributed by atoms with van der Waals surface area (Å²) in [6.45, 7) is 2.14. The molecule has 5 heteroatoms. The molecule has 1 saturated heterocycles. The van der Waals surface area contributed by atoms with Crippen LogP contribution >= 0.6 is 12.4 Å². The first-order valence-electron chi connectivity index (χ1n) is 7.87. The number of ether oxygens (including phenoxy) is 1. The maximum atomic E-state index is 13.5. The van der Waals surface area contributed by atoms with Gasteiger partial charge in [-0.15, -0.1) is 12.4 Å². The molecule has 1 N–H and O–H groups in total. The maximum absolute atomic E-state index is 13.5. The van der Waals surface area contributed by atoms with Crippen LogP contribution < -0.4 is 10.1 Å². The lowest BCUT2D eigenvalue weighted by molar-refractivity contribution is 0.161. The molecule has 4 rings (SSSR count). The van der Waals surface area contributed by atoms with Crippen molar-refractivity contribution in [3.8, 4) is 16.9 Å². The van der Waals surface area contributed by atoms with E-state index >= 15 is 0 Å². The van der Waals surface area contributed by atoms with E-state index in [0.29, 0.717) is 5.92 Å². The molecule has 1 aromatic heterocycles. The molecule has 3 atom stereocenters. The fraction of sp³-hybridized carbons (Fsp3) is 0.389. The molecular weight excluding hydrogens is 315 g/mol. The van der Waals surface area contributed by atoms with Crippen LogP contribution in [-0.2, 0) is 0 Å². The Bertz CT molecular complexity index is 682. The summed E-state index contributed by atoms with van der Waals surface area (Å²) in [5, 5.41) is 3.48. The molecule has 2 fully saturated rings. The summed E-state index contributed by atoms with van der Waals surface area (Å²) in [5.41, 5.74) is 1.67. The molecule has 1 aliphatic heterocycles. The zero-order valence-electron chi connectivity index (χ0n) is 12.7. The number of hydrogen-bond donors (Lipinski definition) is 1. The number of para-hydroxylation sites is 1. The summed E-state index contributed by atoms with van der Waals surface area (Å²) >= 11 is 0. The molecule has 2 heterocycles. The average molecular weight is 335 g/mol. The highest BCUT2D eigenvalue weighted by molar-refractivity contribution is 5.85. The normalized spacial score (nSPS) is 25.7. The molecule has 1 aromatic carbocycles. The summed E-state index contributed by atoms with van der Waals surface area (Å²) in [6.07, 6.45) is 5.51. The number of pyridine rings is 1. The van der Waals surface area contributed by atoms with Gasteiger partial charge in [-0.1, -0.05) is 18.2 Å². The topological polar surface area (TPSA) is 34.1 Å². The quantitative estimate of drug-likeness (QED) is 0.929. The molecular formula is C18H20ClFN2O. The minimum atomic E-state index is -0.326. The van der Waals surface area contributed by atoms with Gasteiger partial charge in [-0.2, -0.15) is 0 Å². The fourth-order valence-electron chi connectivity index (χ4n) is 3.73. The number of hydrogen-bond acceptors (Lipinski definition) is 3. The SMILES string of the molecule is Cl.Fc1cncc(-c2ccccc2O[C@H]2C[C@@H]3CNC[C@H]2C3)c1. The minimum Gasteiger partial charge on any atom is -0.489 e. The molecule has 3 nitrogen and oxygen atoms in total. The van der Waals surface area contributed by atoms with Crippen LogP contribution in [0.1, 0.15) is 12.8 Å². The number of fused-ring (bicyclic) bond motifs is 2. The van der Waals surface area contributed by atoms with E-state index < -0.39 is 0 Å². The number of rotatable bonds is 3. The van der Waals surface area contributed by atoms with Crippen molar-refractivity contribution in [1.82, 2.24) is 10.3 Å². The van der Waals surface area contributed by atoms with Crippen molar-refractivity contribution < 1.29 is 9.13 Å². The molecule has 1 saturated carbocycles. The van der Waals surface area contributed by atoms with Gasteiger partial charge in [0, 0.05) is 29.8 Å². The molecule has 1 aliphatic carbocycles. The highest BCUT2D eigenvalue weighted by atomic mass is 35.5. The summed E-state index contributed by atoms with van der Waals surface area (Å²) < 4.78 is 19.8. The largest absolute Gasteiger partial charge is 0.489 e. The molecule has 23 heavy (non-hydrogen) atoms. The van der Waals surface area contributed by atoms with E-state index in [1.54, 1.807) is 6.20 Å². The van der Waals surface area contributed by atoms with Crippen LogP contribution in [0.5, 0.6) is 5.75 Å². The van der Waals surface area contributed by atoms with Gasteiger partial charge in [0.1, 0.15) is 17.7 Å². The van der Waals surface area contributed by atoms with Gasteiger partial charge >= 0.3 is 0 Å². The summed E-state index contributed by atoms with van der Waals surface area (Å²) in [7, 11) is 0. The second-order valence-corrected chi connectivity index (χ2v) is 6.30. The van der Waals surface area contributed by atoms with E-state index in [1.807, 2.05) is 24.3 Å². The van der Waals surface area contributed by atoms with Crippen molar-refractivity contribution in [3.63, 3.8) is 0 Å². The Morgan fingerprint density at radius 2 is 2.00 bits per heavy atom. The van der Waals surface area contributed by atoms with Crippen molar-refractivity contribution in [2.45, 2.75) is 18.9 Å². The van der Waals surface area contributed by atoms with E-state index in [1.165, 1.54) is 18.7 Å².